The Balaban J connectivity index is 2.11. The molecular formula is C15H19NO2. The van der Waals surface area contributed by atoms with Gasteiger partial charge in [-0.3, -0.25) is 4.79 Å². The number of carbonyl (C=O) groups is 1. The third-order valence-electron chi connectivity index (χ3n) is 3.48. The van der Waals surface area contributed by atoms with E-state index < -0.39 is 0 Å². The number of furan rings is 1. The average molecular weight is 245 g/mol. The third-order valence-corrected chi connectivity index (χ3v) is 3.48. The summed E-state index contributed by atoms with van der Waals surface area (Å²) in [6.45, 7) is 6.22. The minimum Gasteiger partial charge on any atom is -0.469 e. The normalized spacial score (nSPS) is 12.6. The Kier molecular flexibility index (Phi) is 3.70. The monoisotopic (exact) mass is 245 g/mol. The van der Waals surface area contributed by atoms with E-state index in [1.807, 2.05) is 32.0 Å². The Morgan fingerprint density at radius 1 is 1.44 bits per heavy atom. The number of aldehydes is 1. The van der Waals surface area contributed by atoms with Gasteiger partial charge < -0.3 is 8.98 Å². The molecule has 0 aliphatic rings. The lowest BCUT2D eigenvalue weighted by molar-refractivity contribution is 0.112. The summed E-state index contributed by atoms with van der Waals surface area (Å²) >= 11 is 0. The van der Waals surface area contributed by atoms with Crippen molar-refractivity contribution in [3.63, 3.8) is 0 Å². The molecule has 18 heavy (non-hydrogen) atoms. The van der Waals surface area contributed by atoms with E-state index in [0.717, 1.165) is 41.8 Å². The van der Waals surface area contributed by atoms with Crippen LogP contribution in [0.4, 0.5) is 0 Å². The van der Waals surface area contributed by atoms with E-state index in [0.29, 0.717) is 6.04 Å². The first-order valence-corrected chi connectivity index (χ1v) is 6.29. The summed E-state index contributed by atoms with van der Waals surface area (Å²) in [5.41, 5.74) is 2.98. The van der Waals surface area contributed by atoms with E-state index >= 15 is 0 Å². The molecule has 0 aliphatic heterocycles. The quantitative estimate of drug-likeness (QED) is 0.753. The van der Waals surface area contributed by atoms with Gasteiger partial charge in [-0.25, -0.2) is 0 Å². The van der Waals surface area contributed by atoms with E-state index in [9.17, 15) is 4.79 Å². The number of carbonyl (C=O) groups excluding carboxylic acids is 1. The molecule has 1 unspecified atom stereocenters. The molecule has 0 spiro atoms. The van der Waals surface area contributed by atoms with Gasteiger partial charge in [-0.1, -0.05) is 0 Å². The van der Waals surface area contributed by atoms with Crippen LogP contribution in [0.3, 0.4) is 0 Å². The van der Waals surface area contributed by atoms with E-state index in [-0.39, 0.29) is 0 Å². The van der Waals surface area contributed by atoms with Crippen LogP contribution >= 0.6 is 0 Å². The van der Waals surface area contributed by atoms with Gasteiger partial charge in [0, 0.05) is 29.4 Å². The van der Waals surface area contributed by atoms with Gasteiger partial charge in [0.25, 0.3) is 0 Å². The lowest BCUT2D eigenvalue weighted by Gasteiger charge is -2.18. The molecule has 0 aromatic carbocycles. The van der Waals surface area contributed by atoms with Crippen molar-refractivity contribution in [1.82, 2.24) is 4.57 Å². The van der Waals surface area contributed by atoms with Crippen LogP contribution in [0, 0.1) is 13.8 Å². The van der Waals surface area contributed by atoms with Gasteiger partial charge in [-0.05, 0) is 45.4 Å². The Morgan fingerprint density at radius 2 is 2.22 bits per heavy atom. The first kappa shape index (κ1) is 12.7. The molecule has 0 radical (unpaired) electrons. The molecule has 3 nitrogen and oxygen atoms in total. The van der Waals surface area contributed by atoms with Crippen molar-refractivity contribution in [1.29, 1.82) is 0 Å². The molecule has 2 aromatic rings. The Bertz CT molecular complexity index is 523. The predicted molar refractivity (Wildman–Crippen MR) is 71.0 cm³/mol. The van der Waals surface area contributed by atoms with Crippen LogP contribution in [0.5, 0.6) is 0 Å². The van der Waals surface area contributed by atoms with Crippen molar-refractivity contribution in [2.45, 2.75) is 39.7 Å². The largest absolute Gasteiger partial charge is 0.469 e. The maximum atomic E-state index is 10.9. The van der Waals surface area contributed by atoms with Crippen molar-refractivity contribution >= 4 is 6.29 Å². The first-order chi connectivity index (χ1) is 8.63. The molecule has 0 bridgehead atoms. The molecule has 0 saturated heterocycles. The highest BCUT2D eigenvalue weighted by molar-refractivity contribution is 5.77. The number of hydrogen-bond donors (Lipinski definition) is 0. The fraction of sp³-hybridized carbons (Fsp3) is 0.400. The zero-order valence-corrected chi connectivity index (χ0v) is 11.1. The topological polar surface area (TPSA) is 35.1 Å². The number of nitrogens with zero attached hydrogens (tertiary/aromatic N) is 1. The predicted octanol–water partition coefficient (Wildman–Crippen LogP) is 3.70. The fourth-order valence-corrected chi connectivity index (χ4v) is 2.54. The summed E-state index contributed by atoms with van der Waals surface area (Å²) in [5.74, 6) is 1.01. The van der Waals surface area contributed by atoms with Gasteiger partial charge in [-0.2, -0.15) is 0 Å². The van der Waals surface area contributed by atoms with Crippen molar-refractivity contribution < 1.29 is 9.21 Å². The number of rotatable bonds is 5. The molecule has 3 heteroatoms. The summed E-state index contributed by atoms with van der Waals surface area (Å²) in [5, 5.41) is 0. The zero-order valence-electron chi connectivity index (χ0n) is 11.1. The highest BCUT2D eigenvalue weighted by Gasteiger charge is 2.14. The average Bonchev–Trinajstić information content (AvgIpc) is 2.94. The van der Waals surface area contributed by atoms with Crippen molar-refractivity contribution in [2.24, 2.45) is 0 Å². The van der Waals surface area contributed by atoms with Crippen LogP contribution in [0.2, 0.25) is 0 Å². The van der Waals surface area contributed by atoms with Gasteiger partial charge >= 0.3 is 0 Å². The molecule has 96 valence electrons. The molecule has 1 atom stereocenters. The Hall–Kier alpha value is -1.77. The zero-order chi connectivity index (χ0) is 13.1. The lowest BCUT2D eigenvalue weighted by Crippen LogP contribution is -2.10. The molecule has 0 N–H and O–H groups in total. The van der Waals surface area contributed by atoms with E-state index in [1.165, 1.54) is 0 Å². The summed E-state index contributed by atoms with van der Waals surface area (Å²) in [6.07, 6.45) is 4.55. The second-order valence-corrected chi connectivity index (χ2v) is 4.78. The number of hydrogen-bond acceptors (Lipinski definition) is 2. The minimum absolute atomic E-state index is 0.365. The van der Waals surface area contributed by atoms with E-state index in [2.05, 4.69) is 11.5 Å². The minimum atomic E-state index is 0.365. The van der Waals surface area contributed by atoms with E-state index in [1.54, 1.807) is 6.26 Å². The summed E-state index contributed by atoms with van der Waals surface area (Å²) < 4.78 is 7.57. The molecule has 0 amide bonds. The molecule has 0 saturated carbocycles. The molecule has 2 heterocycles. The fourth-order valence-electron chi connectivity index (χ4n) is 2.54. The number of aryl methyl sites for hydroxylation is 2. The number of aromatic nitrogens is 1. The van der Waals surface area contributed by atoms with Gasteiger partial charge in [0.05, 0.1) is 6.26 Å². The van der Waals surface area contributed by atoms with Crippen molar-refractivity contribution in [3.05, 3.63) is 47.2 Å². The molecule has 0 aliphatic carbocycles. The van der Waals surface area contributed by atoms with Crippen LogP contribution in [-0.2, 0) is 6.42 Å². The highest BCUT2D eigenvalue weighted by atomic mass is 16.3. The third kappa shape index (κ3) is 2.40. The Morgan fingerprint density at radius 3 is 2.78 bits per heavy atom. The summed E-state index contributed by atoms with van der Waals surface area (Å²) in [4.78, 5) is 10.9. The van der Waals surface area contributed by atoms with Crippen LogP contribution in [-0.4, -0.2) is 10.9 Å². The first-order valence-electron chi connectivity index (χ1n) is 6.29. The molecule has 2 aromatic heterocycles. The van der Waals surface area contributed by atoms with Gasteiger partial charge in [0.1, 0.15) is 5.76 Å². The molecule has 0 fully saturated rings. The summed E-state index contributed by atoms with van der Waals surface area (Å²) in [7, 11) is 0. The molecular weight excluding hydrogens is 226 g/mol. The summed E-state index contributed by atoms with van der Waals surface area (Å²) in [6, 6.07) is 6.23. The second-order valence-electron chi connectivity index (χ2n) is 4.78. The van der Waals surface area contributed by atoms with E-state index in [4.69, 9.17) is 4.42 Å². The molecule has 2 rings (SSSR count). The SMILES string of the molecule is Cc1cc(C=O)c(C)n1C(C)CCc1ccco1. The Labute approximate surface area is 107 Å². The van der Waals surface area contributed by atoms with Crippen LogP contribution in [0.15, 0.2) is 28.9 Å². The van der Waals surface area contributed by atoms with Crippen LogP contribution < -0.4 is 0 Å². The maximum Gasteiger partial charge on any atom is 0.151 e. The van der Waals surface area contributed by atoms with Gasteiger partial charge in [0.2, 0.25) is 0 Å². The van der Waals surface area contributed by atoms with Crippen LogP contribution in [0.25, 0.3) is 0 Å². The van der Waals surface area contributed by atoms with Crippen LogP contribution in [0.1, 0.15) is 46.9 Å². The standard InChI is InChI=1S/C15H19NO2/c1-11(6-7-15-5-4-8-18-15)16-12(2)9-14(10-17)13(16)3/h4-5,8-11H,6-7H2,1-3H3. The van der Waals surface area contributed by atoms with Gasteiger partial charge in [-0.15, -0.1) is 0 Å². The van der Waals surface area contributed by atoms with Crippen molar-refractivity contribution in [2.75, 3.05) is 0 Å². The smallest absolute Gasteiger partial charge is 0.151 e. The van der Waals surface area contributed by atoms with Crippen molar-refractivity contribution in [3.8, 4) is 0 Å². The second kappa shape index (κ2) is 5.25. The highest BCUT2D eigenvalue weighted by Crippen LogP contribution is 2.22. The van der Waals surface area contributed by atoms with Gasteiger partial charge in [0.15, 0.2) is 6.29 Å². The lowest BCUT2D eigenvalue weighted by atomic mass is 10.1. The maximum absolute atomic E-state index is 10.9.